The van der Waals surface area contributed by atoms with Crippen LogP contribution in [0.25, 0.3) is 0 Å². The summed E-state index contributed by atoms with van der Waals surface area (Å²) in [5, 5.41) is 3.53. The van der Waals surface area contributed by atoms with Gasteiger partial charge in [0.1, 0.15) is 0 Å². The normalized spacial score (nSPS) is 12.2. The molecule has 0 unspecified atom stereocenters. The van der Waals surface area contributed by atoms with E-state index in [4.69, 9.17) is 0 Å². The van der Waals surface area contributed by atoms with Crippen LogP contribution in [0.15, 0.2) is 18.2 Å². The van der Waals surface area contributed by atoms with E-state index in [0.29, 0.717) is 0 Å². The van der Waals surface area contributed by atoms with Gasteiger partial charge in [0.05, 0.1) is 0 Å². The van der Waals surface area contributed by atoms with Gasteiger partial charge in [0.25, 0.3) is 0 Å². The topological polar surface area (TPSA) is 15.3 Å². The van der Waals surface area contributed by atoms with Crippen molar-refractivity contribution in [1.82, 2.24) is 10.2 Å². The lowest BCUT2D eigenvalue weighted by molar-refractivity contribution is 0.302. The molecule has 0 saturated heterocycles. The minimum absolute atomic E-state index is 0.208. The van der Waals surface area contributed by atoms with Crippen molar-refractivity contribution in [1.29, 1.82) is 0 Å². The second-order valence-corrected chi connectivity index (χ2v) is 6.28. The minimum Gasteiger partial charge on any atom is -0.311 e. The summed E-state index contributed by atoms with van der Waals surface area (Å²) in [5.74, 6) is 0. The SMILES string of the molecule is Cc1cccc(C)c1CN(C)CCNC(C)(C)C. The lowest BCUT2D eigenvalue weighted by Crippen LogP contribution is -2.40. The molecule has 0 heterocycles. The molecular weight excluding hydrogens is 220 g/mol. The highest BCUT2D eigenvalue weighted by Gasteiger charge is 2.09. The number of benzene rings is 1. The molecule has 0 radical (unpaired) electrons. The second kappa shape index (κ2) is 6.35. The number of aryl methyl sites for hydroxylation is 2. The third-order valence-electron chi connectivity index (χ3n) is 3.22. The Balaban J connectivity index is 2.47. The van der Waals surface area contributed by atoms with Gasteiger partial charge in [-0.1, -0.05) is 18.2 Å². The van der Waals surface area contributed by atoms with Crippen LogP contribution in [0.1, 0.15) is 37.5 Å². The number of nitrogens with zero attached hydrogens (tertiary/aromatic N) is 1. The molecule has 1 aromatic rings. The van der Waals surface area contributed by atoms with Crippen molar-refractivity contribution in [3.8, 4) is 0 Å². The first-order chi connectivity index (χ1) is 8.29. The predicted molar refractivity (Wildman–Crippen MR) is 80.0 cm³/mol. The highest BCUT2D eigenvalue weighted by molar-refractivity contribution is 5.33. The molecule has 0 aromatic heterocycles. The fraction of sp³-hybridized carbons (Fsp3) is 0.625. The zero-order chi connectivity index (χ0) is 13.8. The molecule has 0 aliphatic heterocycles. The molecule has 2 heteroatoms. The first-order valence-corrected chi connectivity index (χ1v) is 6.78. The van der Waals surface area contributed by atoms with Crippen molar-refractivity contribution in [2.75, 3.05) is 20.1 Å². The molecule has 18 heavy (non-hydrogen) atoms. The molecular formula is C16H28N2. The van der Waals surface area contributed by atoms with Crippen LogP contribution in [-0.2, 0) is 6.54 Å². The molecule has 1 aromatic carbocycles. The third-order valence-corrected chi connectivity index (χ3v) is 3.22. The first-order valence-electron chi connectivity index (χ1n) is 6.78. The van der Waals surface area contributed by atoms with Crippen molar-refractivity contribution in [2.45, 2.75) is 46.7 Å². The monoisotopic (exact) mass is 248 g/mol. The molecule has 0 fully saturated rings. The molecule has 0 aliphatic rings. The van der Waals surface area contributed by atoms with E-state index in [0.717, 1.165) is 19.6 Å². The number of rotatable bonds is 5. The minimum atomic E-state index is 0.208. The van der Waals surface area contributed by atoms with Crippen molar-refractivity contribution in [3.05, 3.63) is 34.9 Å². The Morgan fingerprint density at radius 1 is 1.11 bits per heavy atom. The van der Waals surface area contributed by atoms with Crippen LogP contribution in [-0.4, -0.2) is 30.6 Å². The highest BCUT2D eigenvalue weighted by Crippen LogP contribution is 2.14. The maximum atomic E-state index is 3.53. The van der Waals surface area contributed by atoms with Gasteiger partial charge < -0.3 is 10.2 Å². The van der Waals surface area contributed by atoms with Crippen LogP contribution in [0.4, 0.5) is 0 Å². The largest absolute Gasteiger partial charge is 0.311 e. The van der Waals surface area contributed by atoms with Gasteiger partial charge in [-0.2, -0.15) is 0 Å². The maximum absolute atomic E-state index is 3.53. The van der Waals surface area contributed by atoms with Crippen LogP contribution in [0.3, 0.4) is 0 Å². The van der Waals surface area contributed by atoms with Gasteiger partial charge in [-0.3, -0.25) is 0 Å². The fourth-order valence-corrected chi connectivity index (χ4v) is 2.07. The molecule has 0 atom stereocenters. The molecule has 1 rings (SSSR count). The summed E-state index contributed by atoms with van der Waals surface area (Å²) < 4.78 is 0. The Hall–Kier alpha value is -0.860. The Labute approximate surface area is 112 Å². The van der Waals surface area contributed by atoms with E-state index < -0.39 is 0 Å². The van der Waals surface area contributed by atoms with E-state index >= 15 is 0 Å². The summed E-state index contributed by atoms with van der Waals surface area (Å²) in [7, 11) is 2.19. The van der Waals surface area contributed by atoms with Crippen LogP contribution < -0.4 is 5.32 Å². The summed E-state index contributed by atoms with van der Waals surface area (Å²) in [4.78, 5) is 2.38. The number of nitrogens with one attached hydrogen (secondary N) is 1. The van der Waals surface area contributed by atoms with Crippen LogP contribution >= 0.6 is 0 Å². The number of hydrogen-bond acceptors (Lipinski definition) is 2. The van der Waals surface area contributed by atoms with E-state index in [9.17, 15) is 0 Å². The summed E-state index contributed by atoms with van der Waals surface area (Å²) in [6.45, 7) is 14.2. The lowest BCUT2D eigenvalue weighted by Gasteiger charge is -2.24. The molecule has 2 nitrogen and oxygen atoms in total. The van der Waals surface area contributed by atoms with Gasteiger partial charge >= 0.3 is 0 Å². The van der Waals surface area contributed by atoms with Gasteiger partial charge in [-0.25, -0.2) is 0 Å². The number of likely N-dealkylation sites (N-methyl/N-ethyl adjacent to an activating group) is 1. The Morgan fingerprint density at radius 2 is 1.67 bits per heavy atom. The van der Waals surface area contributed by atoms with Gasteiger partial charge in [-0.05, 0) is 58.4 Å². The van der Waals surface area contributed by atoms with E-state index in [-0.39, 0.29) is 5.54 Å². The van der Waals surface area contributed by atoms with Crippen molar-refractivity contribution >= 4 is 0 Å². The average Bonchev–Trinajstić information content (AvgIpc) is 2.22. The maximum Gasteiger partial charge on any atom is 0.0236 e. The van der Waals surface area contributed by atoms with Crippen molar-refractivity contribution < 1.29 is 0 Å². The summed E-state index contributed by atoms with van der Waals surface area (Å²) in [5.41, 5.74) is 4.46. The van der Waals surface area contributed by atoms with Gasteiger partial charge in [-0.15, -0.1) is 0 Å². The Morgan fingerprint density at radius 3 is 2.17 bits per heavy atom. The first kappa shape index (κ1) is 15.2. The van der Waals surface area contributed by atoms with Crippen LogP contribution in [0, 0.1) is 13.8 Å². The Bertz CT molecular complexity index is 357. The summed E-state index contributed by atoms with van der Waals surface area (Å²) in [6.07, 6.45) is 0. The molecule has 0 saturated carbocycles. The quantitative estimate of drug-likeness (QED) is 0.861. The van der Waals surface area contributed by atoms with Crippen molar-refractivity contribution in [2.24, 2.45) is 0 Å². The molecule has 102 valence electrons. The third kappa shape index (κ3) is 5.19. The van der Waals surface area contributed by atoms with Gasteiger partial charge in [0.15, 0.2) is 0 Å². The zero-order valence-corrected chi connectivity index (χ0v) is 12.8. The summed E-state index contributed by atoms with van der Waals surface area (Å²) >= 11 is 0. The fourth-order valence-electron chi connectivity index (χ4n) is 2.07. The average molecular weight is 248 g/mol. The second-order valence-electron chi connectivity index (χ2n) is 6.28. The molecule has 0 bridgehead atoms. The summed E-state index contributed by atoms with van der Waals surface area (Å²) in [6, 6.07) is 6.53. The molecule has 1 N–H and O–H groups in total. The number of hydrogen-bond donors (Lipinski definition) is 1. The van der Waals surface area contributed by atoms with Gasteiger partial charge in [0.2, 0.25) is 0 Å². The highest BCUT2D eigenvalue weighted by atomic mass is 15.1. The Kier molecular flexibility index (Phi) is 5.36. The van der Waals surface area contributed by atoms with E-state index in [1.165, 1.54) is 16.7 Å². The van der Waals surface area contributed by atoms with Crippen LogP contribution in [0.2, 0.25) is 0 Å². The van der Waals surface area contributed by atoms with Crippen molar-refractivity contribution in [3.63, 3.8) is 0 Å². The zero-order valence-electron chi connectivity index (χ0n) is 12.8. The van der Waals surface area contributed by atoms with E-state index in [2.05, 4.69) is 70.1 Å². The molecule has 0 aliphatic carbocycles. The molecule has 0 spiro atoms. The van der Waals surface area contributed by atoms with E-state index in [1.54, 1.807) is 0 Å². The smallest absolute Gasteiger partial charge is 0.0236 e. The predicted octanol–water partition coefficient (Wildman–Crippen LogP) is 3.12. The van der Waals surface area contributed by atoms with Crippen LogP contribution in [0.5, 0.6) is 0 Å². The van der Waals surface area contributed by atoms with Gasteiger partial charge in [0, 0.05) is 25.2 Å². The lowest BCUT2D eigenvalue weighted by atomic mass is 10.0. The van der Waals surface area contributed by atoms with E-state index in [1.807, 2.05) is 0 Å². The molecule has 0 amide bonds. The standard InChI is InChI=1S/C16H28N2/c1-13-8-7-9-14(2)15(13)12-18(6)11-10-17-16(3,4)5/h7-9,17H,10-12H2,1-6H3.